The van der Waals surface area contributed by atoms with Gasteiger partial charge in [-0.2, -0.15) is 0 Å². The van der Waals surface area contributed by atoms with Crippen LogP contribution in [0, 0.1) is 0 Å². The van der Waals surface area contributed by atoms with Crippen LogP contribution in [0.4, 0.5) is 0 Å². The predicted molar refractivity (Wildman–Crippen MR) is 100 cm³/mol. The molecule has 0 atom stereocenters. The van der Waals surface area contributed by atoms with Crippen LogP contribution in [0.1, 0.15) is 6.42 Å². The SMILES string of the molecule is COc1ccccc1S(=O)(=O)NCCCn1ccnc1-c1ccccc1. The van der Waals surface area contributed by atoms with E-state index in [0.29, 0.717) is 25.3 Å². The Morgan fingerprint density at radius 3 is 2.58 bits per heavy atom. The van der Waals surface area contributed by atoms with Crippen LogP contribution in [0.15, 0.2) is 71.9 Å². The van der Waals surface area contributed by atoms with Gasteiger partial charge in [0.1, 0.15) is 16.5 Å². The molecule has 0 saturated heterocycles. The molecule has 6 nitrogen and oxygen atoms in total. The standard InChI is InChI=1S/C19H21N3O3S/c1-25-17-10-5-6-11-18(17)26(23,24)21-12-7-14-22-15-13-20-19(22)16-8-3-2-4-9-16/h2-6,8-11,13,15,21H,7,12,14H2,1H3. The highest BCUT2D eigenvalue weighted by Crippen LogP contribution is 2.22. The maximum atomic E-state index is 12.5. The zero-order valence-corrected chi connectivity index (χ0v) is 15.3. The van der Waals surface area contributed by atoms with E-state index in [0.717, 1.165) is 11.4 Å². The maximum Gasteiger partial charge on any atom is 0.244 e. The van der Waals surface area contributed by atoms with Gasteiger partial charge in [-0.3, -0.25) is 0 Å². The Kier molecular flexibility index (Phi) is 5.70. The van der Waals surface area contributed by atoms with E-state index in [9.17, 15) is 8.42 Å². The first-order valence-corrected chi connectivity index (χ1v) is 9.79. The molecule has 7 heteroatoms. The Balaban J connectivity index is 1.61. The molecule has 0 fully saturated rings. The highest BCUT2D eigenvalue weighted by molar-refractivity contribution is 7.89. The summed E-state index contributed by atoms with van der Waals surface area (Å²) in [6.07, 6.45) is 4.29. The van der Waals surface area contributed by atoms with Crippen molar-refractivity contribution >= 4 is 10.0 Å². The van der Waals surface area contributed by atoms with E-state index >= 15 is 0 Å². The van der Waals surface area contributed by atoms with Gasteiger partial charge in [-0.05, 0) is 18.6 Å². The summed E-state index contributed by atoms with van der Waals surface area (Å²) >= 11 is 0. The number of hydrogen-bond acceptors (Lipinski definition) is 4. The zero-order valence-electron chi connectivity index (χ0n) is 14.5. The molecule has 1 heterocycles. The molecule has 1 aromatic heterocycles. The minimum absolute atomic E-state index is 0.148. The largest absolute Gasteiger partial charge is 0.495 e. The van der Waals surface area contributed by atoms with Crippen molar-refractivity contribution in [3.63, 3.8) is 0 Å². The number of rotatable bonds is 8. The molecule has 0 radical (unpaired) electrons. The summed E-state index contributed by atoms with van der Waals surface area (Å²) in [7, 11) is -2.15. The number of imidazole rings is 1. The van der Waals surface area contributed by atoms with Gasteiger partial charge in [0, 0.05) is 31.0 Å². The number of aromatic nitrogens is 2. The van der Waals surface area contributed by atoms with Gasteiger partial charge in [-0.15, -0.1) is 0 Å². The lowest BCUT2D eigenvalue weighted by Gasteiger charge is -2.11. The predicted octanol–water partition coefficient (Wildman–Crippen LogP) is 2.93. The Hall–Kier alpha value is -2.64. The van der Waals surface area contributed by atoms with Crippen LogP contribution in [-0.4, -0.2) is 31.6 Å². The Labute approximate surface area is 153 Å². The number of benzene rings is 2. The zero-order chi connectivity index (χ0) is 18.4. The van der Waals surface area contributed by atoms with Crippen LogP contribution < -0.4 is 9.46 Å². The molecule has 0 unspecified atom stereocenters. The van der Waals surface area contributed by atoms with E-state index in [-0.39, 0.29) is 4.90 Å². The maximum absolute atomic E-state index is 12.5. The molecule has 0 spiro atoms. The number of para-hydroxylation sites is 1. The van der Waals surface area contributed by atoms with Crippen LogP contribution in [0.3, 0.4) is 0 Å². The number of aryl methyl sites for hydroxylation is 1. The average molecular weight is 371 g/mol. The summed E-state index contributed by atoms with van der Waals surface area (Å²) in [5, 5.41) is 0. The van der Waals surface area contributed by atoms with E-state index in [1.54, 1.807) is 24.4 Å². The van der Waals surface area contributed by atoms with Crippen molar-refractivity contribution in [3.05, 3.63) is 67.0 Å². The van der Waals surface area contributed by atoms with Crippen molar-refractivity contribution in [1.82, 2.24) is 14.3 Å². The number of ether oxygens (including phenoxy) is 1. The molecule has 136 valence electrons. The lowest BCUT2D eigenvalue weighted by Crippen LogP contribution is -2.26. The van der Waals surface area contributed by atoms with E-state index in [4.69, 9.17) is 4.74 Å². The van der Waals surface area contributed by atoms with Gasteiger partial charge in [0.2, 0.25) is 10.0 Å². The number of hydrogen-bond donors (Lipinski definition) is 1. The fourth-order valence-corrected chi connectivity index (χ4v) is 3.95. The summed E-state index contributed by atoms with van der Waals surface area (Å²) < 4.78 is 34.7. The highest BCUT2D eigenvalue weighted by atomic mass is 32.2. The van der Waals surface area contributed by atoms with Crippen LogP contribution in [0.25, 0.3) is 11.4 Å². The van der Waals surface area contributed by atoms with Crippen molar-refractivity contribution in [2.24, 2.45) is 0 Å². The molecule has 26 heavy (non-hydrogen) atoms. The van der Waals surface area contributed by atoms with E-state index in [2.05, 4.69) is 9.71 Å². The minimum atomic E-state index is -3.61. The van der Waals surface area contributed by atoms with Crippen molar-refractivity contribution in [1.29, 1.82) is 0 Å². The summed E-state index contributed by atoms with van der Waals surface area (Å²) in [4.78, 5) is 4.54. The van der Waals surface area contributed by atoms with Gasteiger partial charge in [0.25, 0.3) is 0 Å². The van der Waals surface area contributed by atoms with Crippen molar-refractivity contribution < 1.29 is 13.2 Å². The molecule has 0 amide bonds. The topological polar surface area (TPSA) is 73.2 Å². The first-order valence-electron chi connectivity index (χ1n) is 8.31. The molecular formula is C19H21N3O3S. The van der Waals surface area contributed by atoms with Gasteiger partial charge < -0.3 is 9.30 Å². The molecule has 1 N–H and O–H groups in total. The fraction of sp³-hybridized carbons (Fsp3) is 0.211. The first kappa shape index (κ1) is 18.2. The third-order valence-electron chi connectivity index (χ3n) is 3.97. The van der Waals surface area contributed by atoms with Crippen molar-refractivity contribution in [3.8, 4) is 17.1 Å². The second-order valence-electron chi connectivity index (χ2n) is 5.71. The van der Waals surface area contributed by atoms with Crippen molar-refractivity contribution in [2.45, 2.75) is 17.9 Å². The summed E-state index contributed by atoms with van der Waals surface area (Å²) in [6, 6.07) is 16.5. The van der Waals surface area contributed by atoms with Crippen LogP contribution in [0.5, 0.6) is 5.75 Å². The van der Waals surface area contributed by atoms with Crippen molar-refractivity contribution in [2.75, 3.05) is 13.7 Å². The summed E-state index contributed by atoms with van der Waals surface area (Å²) in [6.45, 7) is 0.992. The Morgan fingerprint density at radius 2 is 1.81 bits per heavy atom. The number of sulfonamides is 1. The first-order chi connectivity index (χ1) is 12.6. The van der Waals surface area contributed by atoms with E-state index < -0.39 is 10.0 Å². The van der Waals surface area contributed by atoms with Gasteiger partial charge >= 0.3 is 0 Å². The summed E-state index contributed by atoms with van der Waals surface area (Å²) in [5.74, 6) is 1.21. The normalized spacial score (nSPS) is 11.4. The lowest BCUT2D eigenvalue weighted by atomic mass is 10.2. The fourth-order valence-electron chi connectivity index (χ4n) is 2.71. The number of nitrogens with zero attached hydrogens (tertiary/aromatic N) is 2. The van der Waals surface area contributed by atoms with E-state index in [1.807, 2.05) is 41.1 Å². The summed E-state index contributed by atoms with van der Waals surface area (Å²) in [5.41, 5.74) is 1.03. The van der Waals surface area contributed by atoms with Gasteiger partial charge in [-0.25, -0.2) is 18.1 Å². The van der Waals surface area contributed by atoms with Gasteiger partial charge in [0.15, 0.2) is 0 Å². The highest BCUT2D eigenvalue weighted by Gasteiger charge is 2.18. The molecule has 0 bridgehead atoms. The molecule has 0 aliphatic heterocycles. The lowest BCUT2D eigenvalue weighted by molar-refractivity contribution is 0.402. The molecule has 0 aliphatic carbocycles. The second kappa shape index (κ2) is 8.16. The minimum Gasteiger partial charge on any atom is -0.495 e. The molecule has 2 aromatic carbocycles. The van der Waals surface area contributed by atoms with E-state index in [1.165, 1.54) is 13.2 Å². The quantitative estimate of drug-likeness (QED) is 0.618. The number of nitrogens with one attached hydrogen (secondary N) is 1. The van der Waals surface area contributed by atoms with Gasteiger partial charge in [0.05, 0.1) is 7.11 Å². The molecule has 0 saturated carbocycles. The smallest absolute Gasteiger partial charge is 0.244 e. The third-order valence-corrected chi connectivity index (χ3v) is 5.47. The Bertz CT molecular complexity index is 953. The average Bonchev–Trinajstić information content (AvgIpc) is 3.14. The molecule has 3 aromatic rings. The van der Waals surface area contributed by atoms with Crippen LogP contribution in [0.2, 0.25) is 0 Å². The molecular weight excluding hydrogens is 350 g/mol. The molecule has 0 aliphatic rings. The number of methoxy groups -OCH3 is 1. The van der Waals surface area contributed by atoms with Gasteiger partial charge in [-0.1, -0.05) is 42.5 Å². The van der Waals surface area contributed by atoms with Crippen LogP contribution in [-0.2, 0) is 16.6 Å². The van der Waals surface area contributed by atoms with Crippen LogP contribution >= 0.6 is 0 Å². The molecule has 3 rings (SSSR count). The second-order valence-corrected chi connectivity index (χ2v) is 7.45. The Morgan fingerprint density at radius 1 is 1.08 bits per heavy atom. The third kappa shape index (κ3) is 4.12. The monoisotopic (exact) mass is 371 g/mol.